The number of hydrogen-bond acceptors (Lipinski definition) is 1. The van der Waals surface area contributed by atoms with Gasteiger partial charge in [0.25, 0.3) is 0 Å². The van der Waals surface area contributed by atoms with E-state index in [1.165, 1.54) is 0 Å². The maximum absolute atomic E-state index is 11.4. The van der Waals surface area contributed by atoms with E-state index in [0.29, 0.717) is 5.92 Å². The predicted molar refractivity (Wildman–Crippen MR) is 74.8 cm³/mol. The molecule has 0 aromatic carbocycles. The Balaban J connectivity index is 3.60. The Morgan fingerprint density at radius 3 is 2.59 bits per heavy atom. The number of carbonyl (C=O) groups is 1. The largest absolute Gasteiger partial charge is 0.352 e. The van der Waals surface area contributed by atoms with Crippen LogP contribution in [-0.4, -0.2) is 12.5 Å². The third-order valence-corrected chi connectivity index (χ3v) is 2.53. The Hall–Kier alpha value is -1.31. The van der Waals surface area contributed by atoms with Crippen molar-refractivity contribution >= 4 is 5.91 Å². The van der Waals surface area contributed by atoms with Crippen molar-refractivity contribution in [1.82, 2.24) is 5.32 Å². The summed E-state index contributed by atoms with van der Waals surface area (Å²) in [6.45, 7) is 7.02. The second-order valence-corrected chi connectivity index (χ2v) is 4.19. The lowest BCUT2D eigenvalue weighted by Crippen LogP contribution is -2.26. The minimum Gasteiger partial charge on any atom is -0.352 e. The van der Waals surface area contributed by atoms with Crippen LogP contribution in [0.25, 0.3) is 0 Å². The summed E-state index contributed by atoms with van der Waals surface area (Å²) in [5, 5.41) is 2.89. The standard InChI is InChI=1S/C15H25NO/c1-4-6-7-8-9-10-11-12-15(17)16-13-14(3)5-2/h4,6-8,11-12,14H,5,9-10,13H2,1-3H3,(H,16,17)/b6-4+,8-7-,12-11+/t14-/m0/s1. The topological polar surface area (TPSA) is 29.1 Å². The van der Waals surface area contributed by atoms with Crippen molar-refractivity contribution in [1.29, 1.82) is 0 Å². The van der Waals surface area contributed by atoms with Crippen LogP contribution >= 0.6 is 0 Å². The molecule has 96 valence electrons. The molecule has 0 unspecified atom stereocenters. The highest BCUT2D eigenvalue weighted by atomic mass is 16.1. The molecular weight excluding hydrogens is 210 g/mol. The van der Waals surface area contributed by atoms with E-state index in [-0.39, 0.29) is 5.91 Å². The molecule has 0 fully saturated rings. The zero-order valence-electron chi connectivity index (χ0n) is 11.3. The van der Waals surface area contributed by atoms with Gasteiger partial charge in [-0.2, -0.15) is 0 Å². The number of unbranched alkanes of at least 4 members (excludes halogenated alkanes) is 1. The summed E-state index contributed by atoms with van der Waals surface area (Å²) in [7, 11) is 0. The van der Waals surface area contributed by atoms with Gasteiger partial charge < -0.3 is 5.32 Å². The number of allylic oxidation sites excluding steroid dienone is 5. The highest BCUT2D eigenvalue weighted by Gasteiger charge is 1.99. The van der Waals surface area contributed by atoms with Gasteiger partial charge in [0.05, 0.1) is 0 Å². The second-order valence-electron chi connectivity index (χ2n) is 4.19. The van der Waals surface area contributed by atoms with Gasteiger partial charge in [0.2, 0.25) is 5.91 Å². The van der Waals surface area contributed by atoms with E-state index >= 15 is 0 Å². The molecule has 0 saturated carbocycles. The fraction of sp³-hybridized carbons (Fsp3) is 0.533. The third-order valence-electron chi connectivity index (χ3n) is 2.53. The highest BCUT2D eigenvalue weighted by molar-refractivity contribution is 5.87. The zero-order chi connectivity index (χ0) is 12.9. The molecule has 0 aromatic rings. The van der Waals surface area contributed by atoms with Gasteiger partial charge in [0, 0.05) is 6.54 Å². The second kappa shape index (κ2) is 11.2. The van der Waals surface area contributed by atoms with E-state index in [4.69, 9.17) is 0 Å². The highest BCUT2D eigenvalue weighted by Crippen LogP contribution is 1.97. The van der Waals surface area contributed by atoms with E-state index in [0.717, 1.165) is 25.8 Å². The molecule has 2 heteroatoms. The number of carbonyl (C=O) groups excluding carboxylic acids is 1. The monoisotopic (exact) mass is 235 g/mol. The molecular formula is C15H25NO. The van der Waals surface area contributed by atoms with Crippen LogP contribution in [0, 0.1) is 5.92 Å². The summed E-state index contributed by atoms with van der Waals surface area (Å²) < 4.78 is 0. The van der Waals surface area contributed by atoms with Crippen molar-refractivity contribution in [3.8, 4) is 0 Å². The van der Waals surface area contributed by atoms with Crippen LogP contribution in [0.4, 0.5) is 0 Å². The van der Waals surface area contributed by atoms with Crippen molar-refractivity contribution in [2.45, 2.75) is 40.0 Å². The summed E-state index contributed by atoms with van der Waals surface area (Å²) in [4.78, 5) is 11.4. The summed E-state index contributed by atoms with van der Waals surface area (Å²) in [5.74, 6) is 0.568. The number of rotatable bonds is 8. The first-order valence-corrected chi connectivity index (χ1v) is 6.42. The number of hydrogen-bond donors (Lipinski definition) is 1. The van der Waals surface area contributed by atoms with Crippen molar-refractivity contribution < 1.29 is 4.79 Å². The first-order chi connectivity index (χ1) is 8.20. The van der Waals surface area contributed by atoms with Crippen LogP contribution in [0.15, 0.2) is 36.5 Å². The Bertz CT molecular complexity index is 277. The molecule has 17 heavy (non-hydrogen) atoms. The normalized spacial score (nSPS) is 13.8. The molecule has 0 aliphatic carbocycles. The minimum atomic E-state index is 0.0164. The maximum atomic E-state index is 11.4. The first kappa shape index (κ1) is 15.7. The van der Waals surface area contributed by atoms with Gasteiger partial charge in [-0.3, -0.25) is 4.79 Å². The SMILES string of the molecule is C/C=C/C=C\CC/C=C/C(=O)NC[C@@H](C)CC. The molecule has 0 aromatic heterocycles. The molecule has 0 bridgehead atoms. The smallest absolute Gasteiger partial charge is 0.243 e. The van der Waals surface area contributed by atoms with E-state index in [1.54, 1.807) is 6.08 Å². The average molecular weight is 235 g/mol. The first-order valence-electron chi connectivity index (χ1n) is 6.42. The molecule has 0 saturated heterocycles. The van der Waals surface area contributed by atoms with Gasteiger partial charge in [-0.05, 0) is 31.8 Å². The van der Waals surface area contributed by atoms with E-state index in [2.05, 4.69) is 25.2 Å². The molecule has 0 heterocycles. The lowest BCUT2D eigenvalue weighted by Gasteiger charge is -2.07. The van der Waals surface area contributed by atoms with Crippen LogP contribution < -0.4 is 5.32 Å². The molecule has 2 nitrogen and oxygen atoms in total. The van der Waals surface area contributed by atoms with Crippen molar-refractivity contribution in [2.75, 3.05) is 6.54 Å². The summed E-state index contributed by atoms with van der Waals surface area (Å²) >= 11 is 0. The molecule has 0 rings (SSSR count). The molecule has 1 atom stereocenters. The van der Waals surface area contributed by atoms with E-state index < -0.39 is 0 Å². The van der Waals surface area contributed by atoms with Crippen LogP contribution in [0.3, 0.4) is 0 Å². The van der Waals surface area contributed by atoms with Crippen molar-refractivity contribution in [3.63, 3.8) is 0 Å². The quantitative estimate of drug-likeness (QED) is 0.388. The van der Waals surface area contributed by atoms with Crippen LogP contribution in [0.1, 0.15) is 40.0 Å². The summed E-state index contributed by atoms with van der Waals surface area (Å²) in [6, 6.07) is 0. The predicted octanol–water partition coefficient (Wildman–Crippen LogP) is 3.62. The van der Waals surface area contributed by atoms with E-state index in [1.807, 2.05) is 31.2 Å². The van der Waals surface area contributed by atoms with Crippen LogP contribution in [0.5, 0.6) is 0 Å². The number of amides is 1. The zero-order valence-corrected chi connectivity index (χ0v) is 11.3. The van der Waals surface area contributed by atoms with Gasteiger partial charge in [-0.25, -0.2) is 0 Å². The molecule has 0 aliphatic heterocycles. The maximum Gasteiger partial charge on any atom is 0.243 e. The molecule has 0 radical (unpaired) electrons. The number of nitrogens with one attached hydrogen (secondary N) is 1. The summed E-state index contributed by atoms with van der Waals surface area (Å²) in [5.41, 5.74) is 0. The van der Waals surface area contributed by atoms with Gasteiger partial charge in [0.1, 0.15) is 0 Å². The molecule has 0 aliphatic rings. The fourth-order valence-electron chi connectivity index (χ4n) is 1.15. The Kier molecular flexibility index (Phi) is 10.3. The minimum absolute atomic E-state index is 0.0164. The summed E-state index contributed by atoms with van der Waals surface area (Å²) in [6.07, 6.45) is 14.7. The van der Waals surface area contributed by atoms with Gasteiger partial charge >= 0.3 is 0 Å². The Morgan fingerprint density at radius 2 is 1.94 bits per heavy atom. The van der Waals surface area contributed by atoms with E-state index in [9.17, 15) is 4.79 Å². The molecule has 1 amide bonds. The molecule has 1 N–H and O–H groups in total. The van der Waals surface area contributed by atoms with Crippen molar-refractivity contribution in [2.24, 2.45) is 5.92 Å². The lowest BCUT2D eigenvalue weighted by atomic mass is 10.1. The lowest BCUT2D eigenvalue weighted by molar-refractivity contribution is -0.116. The third kappa shape index (κ3) is 11.0. The van der Waals surface area contributed by atoms with Gasteiger partial charge in [-0.1, -0.05) is 50.6 Å². The Morgan fingerprint density at radius 1 is 1.24 bits per heavy atom. The van der Waals surface area contributed by atoms with Crippen molar-refractivity contribution in [3.05, 3.63) is 36.5 Å². The van der Waals surface area contributed by atoms with Crippen LogP contribution in [0.2, 0.25) is 0 Å². The average Bonchev–Trinajstić information content (AvgIpc) is 2.34. The van der Waals surface area contributed by atoms with Gasteiger partial charge in [0.15, 0.2) is 0 Å². The van der Waals surface area contributed by atoms with Gasteiger partial charge in [-0.15, -0.1) is 0 Å². The van der Waals surface area contributed by atoms with Crippen LogP contribution in [-0.2, 0) is 4.79 Å². The fourth-order valence-corrected chi connectivity index (χ4v) is 1.15. The Labute approximate surface area is 105 Å². The molecule has 0 spiro atoms.